The van der Waals surface area contributed by atoms with E-state index in [1.165, 1.54) is 43.4 Å². The van der Waals surface area contributed by atoms with Gasteiger partial charge in [0.15, 0.2) is 0 Å². The average molecular weight is 663 g/mol. The van der Waals surface area contributed by atoms with Crippen LogP contribution in [0.15, 0.2) is 182 Å². The molecule has 8 aromatic carbocycles. The monoisotopic (exact) mass is 662 g/mol. The van der Waals surface area contributed by atoms with Crippen LogP contribution in [-0.2, 0) is 0 Å². The van der Waals surface area contributed by atoms with Crippen molar-refractivity contribution in [2.75, 3.05) is 0 Å². The number of nitrogens with zero attached hydrogens (tertiary/aromatic N) is 4. The fraction of sp³-hybridized carbons (Fsp3) is 0. The van der Waals surface area contributed by atoms with Gasteiger partial charge in [0.25, 0.3) is 0 Å². The molecule has 3 heterocycles. The van der Waals surface area contributed by atoms with Crippen LogP contribution >= 0.6 is 0 Å². The molecule has 242 valence electrons. The molecule has 0 saturated heterocycles. The van der Waals surface area contributed by atoms with Crippen LogP contribution < -0.4 is 0 Å². The predicted molar refractivity (Wildman–Crippen MR) is 217 cm³/mol. The molecule has 0 N–H and O–H groups in total. The molecule has 52 heavy (non-hydrogen) atoms. The standard InChI is InChI=1S/C48H30N4/c1-3-14-32(15-4-1)47-39-20-9-11-21-41(39)49-48(50-47)52-43-28-25-31-13-7-8-18-36(31)46(43)40-27-24-34(30-45(40)52)33-23-26-38-37-19-10-12-22-42(37)51(44(38)29-33)35-16-5-2-6-17-35/h1-30H. The molecule has 0 fully saturated rings. The van der Waals surface area contributed by atoms with Gasteiger partial charge in [-0.1, -0.05) is 140 Å². The molecule has 11 rings (SSSR count). The van der Waals surface area contributed by atoms with Gasteiger partial charge >= 0.3 is 0 Å². The predicted octanol–water partition coefficient (Wildman–Crippen LogP) is 12.3. The molecule has 4 heteroatoms. The molecular weight excluding hydrogens is 633 g/mol. The van der Waals surface area contributed by atoms with E-state index in [2.05, 4.69) is 185 Å². The van der Waals surface area contributed by atoms with E-state index < -0.39 is 0 Å². The normalized spacial score (nSPS) is 11.8. The molecule has 0 bridgehead atoms. The average Bonchev–Trinajstić information content (AvgIpc) is 3.73. The highest BCUT2D eigenvalue weighted by molar-refractivity contribution is 6.21. The Labute approximate surface area is 299 Å². The summed E-state index contributed by atoms with van der Waals surface area (Å²) in [5, 5.41) is 8.33. The Morgan fingerprint density at radius 2 is 0.962 bits per heavy atom. The third kappa shape index (κ3) is 4.28. The largest absolute Gasteiger partial charge is 0.309 e. The summed E-state index contributed by atoms with van der Waals surface area (Å²) in [5.41, 5.74) is 10.9. The molecule has 4 nitrogen and oxygen atoms in total. The van der Waals surface area contributed by atoms with Crippen molar-refractivity contribution in [2.45, 2.75) is 0 Å². The quantitative estimate of drug-likeness (QED) is 0.188. The zero-order valence-electron chi connectivity index (χ0n) is 28.1. The minimum absolute atomic E-state index is 0.657. The van der Waals surface area contributed by atoms with Gasteiger partial charge in [-0.25, -0.2) is 9.97 Å². The second-order valence-electron chi connectivity index (χ2n) is 13.4. The lowest BCUT2D eigenvalue weighted by Gasteiger charge is -2.12. The Hall–Kier alpha value is -7.04. The highest BCUT2D eigenvalue weighted by Gasteiger charge is 2.20. The van der Waals surface area contributed by atoms with E-state index in [-0.39, 0.29) is 0 Å². The zero-order chi connectivity index (χ0) is 34.2. The highest BCUT2D eigenvalue weighted by atomic mass is 15.2. The number of rotatable bonds is 4. The van der Waals surface area contributed by atoms with Gasteiger partial charge < -0.3 is 4.57 Å². The van der Waals surface area contributed by atoms with Crippen LogP contribution in [-0.4, -0.2) is 19.1 Å². The van der Waals surface area contributed by atoms with Gasteiger partial charge in [0.2, 0.25) is 5.95 Å². The van der Waals surface area contributed by atoms with E-state index in [1.807, 2.05) is 6.07 Å². The maximum Gasteiger partial charge on any atom is 0.235 e. The van der Waals surface area contributed by atoms with Crippen LogP contribution in [0.2, 0.25) is 0 Å². The van der Waals surface area contributed by atoms with E-state index in [1.54, 1.807) is 0 Å². The third-order valence-corrected chi connectivity index (χ3v) is 10.5. The maximum absolute atomic E-state index is 5.36. The molecule has 0 spiro atoms. The number of benzene rings is 8. The Bertz CT molecular complexity index is 3170. The second-order valence-corrected chi connectivity index (χ2v) is 13.4. The smallest absolute Gasteiger partial charge is 0.235 e. The second kappa shape index (κ2) is 11.2. The molecule has 0 aliphatic carbocycles. The van der Waals surface area contributed by atoms with Crippen molar-refractivity contribution in [1.29, 1.82) is 0 Å². The van der Waals surface area contributed by atoms with Gasteiger partial charge in [0.1, 0.15) is 0 Å². The fourth-order valence-electron chi connectivity index (χ4n) is 8.17. The van der Waals surface area contributed by atoms with Gasteiger partial charge in [0.05, 0.1) is 33.3 Å². The van der Waals surface area contributed by atoms with Crippen LogP contribution in [0.3, 0.4) is 0 Å². The molecule has 11 aromatic rings. The lowest BCUT2D eigenvalue weighted by atomic mass is 10.00. The summed E-state index contributed by atoms with van der Waals surface area (Å²) in [5.74, 6) is 0.657. The summed E-state index contributed by atoms with van der Waals surface area (Å²) in [6, 6.07) is 64.9. The van der Waals surface area contributed by atoms with Crippen molar-refractivity contribution in [3.05, 3.63) is 182 Å². The first-order chi connectivity index (χ1) is 25.8. The molecule has 3 aromatic heterocycles. The van der Waals surface area contributed by atoms with Crippen LogP contribution in [0.4, 0.5) is 0 Å². The summed E-state index contributed by atoms with van der Waals surface area (Å²) in [6.07, 6.45) is 0. The molecule has 0 saturated carbocycles. The van der Waals surface area contributed by atoms with Crippen molar-refractivity contribution in [2.24, 2.45) is 0 Å². The summed E-state index contributed by atoms with van der Waals surface area (Å²) < 4.78 is 4.64. The number of fused-ring (bicyclic) bond motifs is 9. The minimum atomic E-state index is 0.657. The van der Waals surface area contributed by atoms with Gasteiger partial charge in [-0.2, -0.15) is 0 Å². The van der Waals surface area contributed by atoms with E-state index in [4.69, 9.17) is 9.97 Å². The summed E-state index contributed by atoms with van der Waals surface area (Å²) in [7, 11) is 0. The van der Waals surface area contributed by atoms with Crippen LogP contribution in [0.5, 0.6) is 0 Å². The number of hydrogen-bond donors (Lipinski definition) is 0. The van der Waals surface area contributed by atoms with Crippen LogP contribution in [0, 0.1) is 0 Å². The Balaban J connectivity index is 1.21. The number of hydrogen-bond acceptors (Lipinski definition) is 2. The highest BCUT2D eigenvalue weighted by Crippen LogP contribution is 2.40. The lowest BCUT2D eigenvalue weighted by Crippen LogP contribution is -2.03. The number of aromatic nitrogens is 4. The van der Waals surface area contributed by atoms with Crippen LogP contribution in [0.25, 0.3) is 99.3 Å². The van der Waals surface area contributed by atoms with Gasteiger partial charge in [0, 0.05) is 38.2 Å². The van der Waals surface area contributed by atoms with Crippen molar-refractivity contribution in [3.8, 4) is 34.0 Å². The van der Waals surface area contributed by atoms with Gasteiger partial charge in [-0.3, -0.25) is 4.57 Å². The third-order valence-electron chi connectivity index (χ3n) is 10.5. The molecule has 0 aliphatic heterocycles. The zero-order valence-corrected chi connectivity index (χ0v) is 28.1. The summed E-state index contributed by atoms with van der Waals surface area (Å²) >= 11 is 0. The minimum Gasteiger partial charge on any atom is -0.309 e. The van der Waals surface area contributed by atoms with Crippen molar-refractivity contribution >= 4 is 65.3 Å². The molecule has 0 unspecified atom stereocenters. The first kappa shape index (κ1) is 28.8. The lowest BCUT2D eigenvalue weighted by molar-refractivity contribution is 1.01. The topological polar surface area (TPSA) is 35.6 Å². The first-order valence-electron chi connectivity index (χ1n) is 17.7. The molecule has 0 radical (unpaired) electrons. The molecule has 0 aliphatic rings. The summed E-state index contributed by atoms with van der Waals surface area (Å²) in [4.78, 5) is 10.6. The molecule has 0 amide bonds. The SMILES string of the molecule is c1ccc(-c2nc(-n3c4cc(-c5ccc6c7ccccc7n(-c7ccccc7)c6c5)ccc4c4c5ccccc5ccc43)nc3ccccc23)cc1. The van der Waals surface area contributed by atoms with E-state index in [0.29, 0.717) is 5.95 Å². The van der Waals surface area contributed by atoms with Crippen molar-refractivity contribution < 1.29 is 0 Å². The van der Waals surface area contributed by atoms with Crippen molar-refractivity contribution in [1.82, 2.24) is 19.1 Å². The first-order valence-corrected chi connectivity index (χ1v) is 17.7. The van der Waals surface area contributed by atoms with E-state index in [0.717, 1.165) is 50.0 Å². The van der Waals surface area contributed by atoms with Crippen molar-refractivity contribution in [3.63, 3.8) is 0 Å². The fourth-order valence-corrected chi connectivity index (χ4v) is 8.17. The van der Waals surface area contributed by atoms with Gasteiger partial charge in [-0.15, -0.1) is 0 Å². The van der Waals surface area contributed by atoms with Crippen LogP contribution in [0.1, 0.15) is 0 Å². The maximum atomic E-state index is 5.36. The van der Waals surface area contributed by atoms with Gasteiger partial charge in [-0.05, 0) is 64.4 Å². The Kier molecular flexibility index (Phi) is 6.22. The Morgan fingerprint density at radius 1 is 0.346 bits per heavy atom. The molecule has 0 atom stereocenters. The number of para-hydroxylation sites is 3. The molecular formula is C48H30N4. The Morgan fingerprint density at radius 3 is 1.77 bits per heavy atom. The van der Waals surface area contributed by atoms with E-state index >= 15 is 0 Å². The summed E-state index contributed by atoms with van der Waals surface area (Å²) in [6.45, 7) is 0. The van der Waals surface area contributed by atoms with E-state index in [9.17, 15) is 0 Å².